The van der Waals surface area contributed by atoms with Crippen molar-refractivity contribution in [1.82, 2.24) is 0 Å². The van der Waals surface area contributed by atoms with Gasteiger partial charge in [-0.05, 0) is 64.2 Å². The maximum Gasteiger partial charge on any atom is 0.416 e. The summed E-state index contributed by atoms with van der Waals surface area (Å²) in [5, 5.41) is 2.05. The van der Waals surface area contributed by atoms with Gasteiger partial charge in [0.05, 0.1) is 12.7 Å². The Morgan fingerprint density at radius 1 is 0.962 bits per heavy atom. The van der Waals surface area contributed by atoms with Crippen molar-refractivity contribution in [3.63, 3.8) is 0 Å². The molecule has 0 saturated heterocycles. The number of halogens is 4. The molecule has 26 heavy (non-hydrogen) atoms. The van der Waals surface area contributed by atoms with Crippen molar-refractivity contribution in [2.24, 2.45) is 0 Å². The Morgan fingerprint density at radius 3 is 2.23 bits per heavy atom. The van der Waals surface area contributed by atoms with Gasteiger partial charge in [0, 0.05) is 4.47 Å². The van der Waals surface area contributed by atoms with Crippen LogP contribution in [0.25, 0.3) is 21.9 Å². The number of methoxy groups -OCH3 is 1. The average Bonchev–Trinajstić information content (AvgIpc) is 2.62. The SMILES string of the molecule is CCCc1c(Br)cc(-c2ccc(C(F)(F)F)cc2)c2ccc(OC)cc12. The number of aryl methyl sites for hydroxylation is 1. The number of rotatable bonds is 4. The molecule has 0 saturated carbocycles. The van der Waals surface area contributed by atoms with E-state index in [0.29, 0.717) is 0 Å². The van der Waals surface area contributed by atoms with Gasteiger partial charge in [-0.25, -0.2) is 0 Å². The second-order valence-corrected chi connectivity index (χ2v) is 6.98. The van der Waals surface area contributed by atoms with Gasteiger partial charge in [-0.3, -0.25) is 0 Å². The van der Waals surface area contributed by atoms with Crippen LogP contribution in [0.15, 0.2) is 53.0 Å². The first-order valence-electron chi connectivity index (χ1n) is 8.32. The number of alkyl halides is 3. The van der Waals surface area contributed by atoms with Crippen LogP contribution in [0.5, 0.6) is 5.75 Å². The molecule has 0 aliphatic carbocycles. The number of hydrogen-bond acceptors (Lipinski definition) is 1. The Balaban J connectivity index is 2.22. The third-order valence-electron chi connectivity index (χ3n) is 4.42. The molecule has 0 bridgehead atoms. The maximum atomic E-state index is 12.8. The lowest BCUT2D eigenvalue weighted by Gasteiger charge is -2.15. The van der Waals surface area contributed by atoms with Crippen molar-refractivity contribution in [3.05, 3.63) is 64.1 Å². The third kappa shape index (κ3) is 3.58. The van der Waals surface area contributed by atoms with Crippen molar-refractivity contribution in [2.75, 3.05) is 7.11 Å². The molecule has 0 aliphatic heterocycles. The van der Waals surface area contributed by atoms with E-state index in [1.54, 1.807) is 7.11 Å². The van der Waals surface area contributed by atoms with Crippen molar-refractivity contribution in [2.45, 2.75) is 25.9 Å². The molecule has 0 amide bonds. The van der Waals surface area contributed by atoms with Crippen LogP contribution in [0, 0.1) is 0 Å². The number of fused-ring (bicyclic) bond motifs is 1. The highest BCUT2D eigenvalue weighted by Crippen LogP contribution is 2.39. The summed E-state index contributed by atoms with van der Waals surface area (Å²) in [4.78, 5) is 0. The third-order valence-corrected chi connectivity index (χ3v) is 5.13. The zero-order valence-electron chi connectivity index (χ0n) is 14.5. The van der Waals surface area contributed by atoms with E-state index in [9.17, 15) is 13.2 Å². The highest BCUT2D eigenvalue weighted by atomic mass is 79.9. The maximum absolute atomic E-state index is 12.8. The molecule has 3 aromatic carbocycles. The van der Waals surface area contributed by atoms with Gasteiger partial charge in [-0.1, -0.05) is 47.5 Å². The molecule has 0 N–H and O–H groups in total. The summed E-state index contributed by atoms with van der Waals surface area (Å²) >= 11 is 3.64. The first-order chi connectivity index (χ1) is 12.3. The predicted molar refractivity (Wildman–Crippen MR) is 103 cm³/mol. The molecule has 0 heterocycles. The van der Waals surface area contributed by atoms with Gasteiger partial charge in [0.2, 0.25) is 0 Å². The van der Waals surface area contributed by atoms with E-state index >= 15 is 0 Å². The zero-order chi connectivity index (χ0) is 18.9. The van der Waals surface area contributed by atoms with Gasteiger partial charge in [-0.2, -0.15) is 13.2 Å². The van der Waals surface area contributed by atoms with Crippen LogP contribution in [0.4, 0.5) is 13.2 Å². The summed E-state index contributed by atoms with van der Waals surface area (Å²) in [5.41, 5.74) is 2.17. The van der Waals surface area contributed by atoms with Crippen molar-refractivity contribution >= 4 is 26.7 Å². The van der Waals surface area contributed by atoms with E-state index in [-0.39, 0.29) is 0 Å². The lowest BCUT2D eigenvalue weighted by atomic mass is 9.93. The molecule has 0 unspecified atom stereocenters. The van der Waals surface area contributed by atoms with Crippen LogP contribution in [0.2, 0.25) is 0 Å². The van der Waals surface area contributed by atoms with Crippen LogP contribution >= 0.6 is 15.9 Å². The fourth-order valence-corrected chi connectivity index (χ4v) is 3.78. The largest absolute Gasteiger partial charge is 0.497 e. The summed E-state index contributed by atoms with van der Waals surface area (Å²) in [5.74, 6) is 0.756. The summed E-state index contributed by atoms with van der Waals surface area (Å²) in [6.45, 7) is 2.11. The molecule has 0 aromatic heterocycles. The molecule has 0 fully saturated rings. The topological polar surface area (TPSA) is 9.23 Å². The van der Waals surface area contributed by atoms with Gasteiger partial charge in [-0.15, -0.1) is 0 Å². The van der Waals surface area contributed by atoms with Crippen molar-refractivity contribution in [1.29, 1.82) is 0 Å². The highest BCUT2D eigenvalue weighted by molar-refractivity contribution is 9.10. The van der Waals surface area contributed by atoms with E-state index in [0.717, 1.165) is 57.1 Å². The lowest BCUT2D eigenvalue weighted by molar-refractivity contribution is -0.137. The minimum atomic E-state index is -4.33. The van der Waals surface area contributed by atoms with Crippen LogP contribution in [0.3, 0.4) is 0 Å². The molecule has 3 aromatic rings. The van der Waals surface area contributed by atoms with Crippen LogP contribution < -0.4 is 4.74 Å². The Kier molecular flexibility index (Phi) is 5.28. The van der Waals surface area contributed by atoms with E-state index in [2.05, 4.69) is 22.9 Å². The number of benzene rings is 3. The number of ether oxygens (including phenoxy) is 1. The predicted octanol–water partition coefficient (Wildman–Crippen LogP) is 7.25. The van der Waals surface area contributed by atoms with Crippen LogP contribution in [0.1, 0.15) is 24.5 Å². The standard InChI is InChI=1S/C21H18BrF3O/c1-3-4-17-19-11-15(26-2)9-10-16(19)18(12-20(17)22)13-5-7-14(8-6-13)21(23,24)25/h5-12H,3-4H2,1-2H3. The van der Waals surface area contributed by atoms with E-state index in [4.69, 9.17) is 4.74 Å². The average molecular weight is 423 g/mol. The fourth-order valence-electron chi connectivity index (χ4n) is 3.14. The summed E-state index contributed by atoms with van der Waals surface area (Å²) in [6, 6.07) is 13.1. The molecule has 0 radical (unpaired) electrons. The summed E-state index contributed by atoms with van der Waals surface area (Å²) < 4.78 is 44.8. The Bertz CT molecular complexity index is 931. The summed E-state index contributed by atoms with van der Waals surface area (Å²) in [6.07, 6.45) is -2.44. The smallest absolute Gasteiger partial charge is 0.416 e. The molecule has 0 atom stereocenters. The van der Waals surface area contributed by atoms with Crippen molar-refractivity contribution in [3.8, 4) is 16.9 Å². The quantitative estimate of drug-likeness (QED) is 0.430. The monoisotopic (exact) mass is 422 g/mol. The molecule has 3 rings (SSSR count). The van der Waals surface area contributed by atoms with Crippen LogP contribution in [-0.2, 0) is 12.6 Å². The minimum Gasteiger partial charge on any atom is -0.497 e. The zero-order valence-corrected chi connectivity index (χ0v) is 16.0. The van der Waals surface area contributed by atoms with E-state index in [1.165, 1.54) is 17.7 Å². The first kappa shape index (κ1) is 18.8. The van der Waals surface area contributed by atoms with Gasteiger partial charge in [0.25, 0.3) is 0 Å². The Hall–Kier alpha value is -2.01. The van der Waals surface area contributed by atoms with Crippen LogP contribution in [-0.4, -0.2) is 7.11 Å². The lowest BCUT2D eigenvalue weighted by Crippen LogP contribution is -2.04. The van der Waals surface area contributed by atoms with Gasteiger partial charge in [0.1, 0.15) is 5.75 Å². The van der Waals surface area contributed by atoms with Crippen molar-refractivity contribution < 1.29 is 17.9 Å². The Morgan fingerprint density at radius 2 is 1.65 bits per heavy atom. The second-order valence-electron chi connectivity index (χ2n) is 6.12. The van der Waals surface area contributed by atoms with Gasteiger partial charge < -0.3 is 4.74 Å². The molecule has 0 spiro atoms. The van der Waals surface area contributed by atoms with Gasteiger partial charge >= 0.3 is 6.18 Å². The molecule has 5 heteroatoms. The first-order valence-corrected chi connectivity index (χ1v) is 9.11. The molecule has 0 aliphatic rings. The van der Waals surface area contributed by atoms with E-state index in [1.807, 2.05) is 24.3 Å². The molecular weight excluding hydrogens is 405 g/mol. The van der Waals surface area contributed by atoms with Gasteiger partial charge in [0.15, 0.2) is 0 Å². The molecular formula is C21H18BrF3O. The normalized spacial score (nSPS) is 11.8. The molecule has 1 nitrogen and oxygen atoms in total. The minimum absolute atomic E-state index is 0.645. The fraction of sp³-hybridized carbons (Fsp3) is 0.238. The molecule has 136 valence electrons. The second kappa shape index (κ2) is 7.31. The summed E-state index contributed by atoms with van der Waals surface area (Å²) in [7, 11) is 1.62. The number of hydrogen-bond donors (Lipinski definition) is 0. The Labute approximate surface area is 158 Å². The van der Waals surface area contributed by atoms with E-state index < -0.39 is 11.7 Å². The highest BCUT2D eigenvalue weighted by Gasteiger charge is 2.30.